The summed E-state index contributed by atoms with van der Waals surface area (Å²) in [4.78, 5) is 11.7. The molecule has 1 saturated heterocycles. The Labute approximate surface area is 141 Å². The van der Waals surface area contributed by atoms with Crippen LogP contribution in [0, 0.1) is 5.41 Å². The molecule has 9 heteroatoms. The Balaban J connectivity index is 2.13. The molecule has 0 aromatic carbocycles. The van der Waals surface area contributed by atoms with E-state index in [-0.39, 0.29) is 32.3 Å². The minimum absolute atomic E-state index is 0.118. The second-order valence-corrected chi connectivity index (χ2v) is 6.46. The van der Waals surface area contributed by atoms with Gasteiger partial charge in [-0.2, -0.15) is 0 Å². The Morgan fingerprint density at radius 3 is 2.42 bits per heavy atom. The van der Waals surface area contributed by atoms with Gasteiger partial charge in [0.1, 0.15) is 18.3 Å². The fourth-order valence-corrected chi connectivity index (χ4v) is 2.02. The van der Waals surface area contributed by atoms with E-state index in [4.69, 9.17) is 19.3 Å². The maximum Gasteiger partial charge on any atom is 0.228 e. The van der Waals surface area contributed by atoms with Crippen LogP contribution in [0.25, 0.3) is 0 Å². The van der Waals surface area contributed by atoms with Crippen LogP contribution < -0.4 is 5.32 Å². The molecule has 1 heterocycles. The van der Waals surface area contributed by atoms with Crippen molar-refractivity contribution in [2.75, 3.05) is 33.0 Å². The lowest BCUT2D eigenvalue weighted by Crippen LogP contribution is -2.57. The van der Waals surface area contributed by atoms with Gasteiger partial charge < -0.3 is 40.0 Å². The van der Waals surface area contributed by atoms with E-state index in [0.29, 0.717) is 6.54 Å². The zero-order chi connectivity index (χ0) is 18.3. The molecule has 5 atom stereocenters. The van der Waals surface area contributed by atoms with Crippen molar-refractivity contribution in [3.63, 3.8) is 0 Å². The molecule has 0 saturated carbocycles. The summed E-state index contributed by atoms with van der Waals surface area (Å²) < 4.78 is 15.8. The van der Waals surface area contributed by atoms with Gasteiger partial charge in [0.2, 0.25) is 5.91 Å². The second kappa shape index (κ2) is 9.62. The molecule has 24 heavy (non-hydrogen) atoms. The minimum atomic E-state index is -1.34. The van der Waals surface area contributed by atoms with Gasteiger partial charge in [-0.3, -0.25) is 4.79 Å². The molecule has 1 aliphatic heterocycles. The van der Waals surface area contributed by atoms with Crippen molar-refractivity contribution < 1.29 is 39.4 Å². The highest BCUT2D eigenvalue weighted by Gasteiger charge is 2.42. The molecule has 1 rings (SSSR count). The molecule has 0 aromatic rings. The van der Waals surface area contributed by atoms with Crippen LogP contribution in [0.3, 0.4) is 0 Å². The van der Waals surface area contributed by atoms with Crippen LogP contribution in [-0.2, 0) is 19.0 Å². The lowest BCUT2D eigenvalue weighted by molar-refractivity contribution is -0.294. The number of ether oxygens (including phenoxy) is 3. The van der Waals surface area contributed by atoms with E-state index in [9.17, 15) is 20.1 Å². The van der Waals surface area contributed by atoms with Gasteiger partial charge >= 0.3 is 0 Å². The fourth-order valence-electron chi connectivity index (χ4n) is 2.02. The van der Waals surface area contributed by atoms with E-state index >= 15 is 0 Å². The maximum atomic E-state index is 11.7. The molecular formula is C15H29NO8. The Hall–Kier alpha value is -0.810. The molecule has 0 radical (unpaired) electrons. The van der Waals surface area contributed by atoms with Crippen LogP contribution in [0.1, 0.15) is 20.8 Å². The summed E-state index contributed by atoms with van der Waals surface area (Å²) in [6.07, 6.45) is -5.52. The van der Waals surface area contributed by atoms with Gasteiger partial charge in [-0.05, 0) is 20.8 Å². The summed E-state index contributed by atoms with van der Waals surface area (Å²) in [7, 11) is 0. The molecule has 1 fully saturated rings. The van der Waals surface area contributed by atoms with Crippen LogP contribution in [0.4, 0.5) is 0 Å². The highest BCUT2D eigenvalue weighted by atomic mass is 16.7. The largest absolute Gasteiger partial charge is 0.395 e. The average molecular weight is 351 g/mol. The van der Waals surface area contributed by atoms with Gasteiger partial charge in [0.15, 0.2) is 6.29 Å². The normalized spacial score (nSPS) is 31.0. The third kappa shape index (κ3) is 5.92. The quantitative estimate of drug-likeness (QED) is 0.300. The summed E-state index contributed by atoms with van der Waals surface area (Å²) >= 11 is 0. The molecule has 142 valence electrons. The summed E-state index contributed by atoms with van der Waals surface area (Å²) in [6, 6.07) is 0. The van der Waals surface area contributed by atoms with Crippen molar-refractivity contribution in [2.45, 2.75) is 51.5 Å². The van der Waals surface area contributed by atoms with E-state index in [0.717, 1.165) is 0 Å². The van der Waals surface area contributed by atoms with Crippen molar-refractivity contribution in [3.05, 3.63) is 0 Å². The van der Waals surface area contributed by atoms with Gasteiger partial charge in [-0.25, -0.2) is 0 Å². The summed E-state index contributed by atoms with van der Waals surface area (Å²) in [5, 5.41) is 40.7. The first kappa shape index (κ1) is 21.2. The number of carbonyl (C=O) groups excluding carboxylic acids is 1. The van der Waals surface area contributed by atoms with Gasteiger partial charge in [0.25, 0.3) is 0 Å². The Kier molecular flexibility index (Phi) is 8.51. The fraction of sp³-hybridized carbons (Fsp3) is 0.933. The number of hydrogen-bond acceptors (Lipinski definition) is 8. The van der Waals surface area contributed by atoms with Crippen LogP contribution >= 0.6 is 0 Å². The number of hydrogen-bond donors (Lipinski definition) is 5. The van der Waals surface area contributed by atoms with E-state index in [1.54, 1.807) is 20.8 Å². The van der Waals surface area contributed by atoms with Gasteiger partial charge in [0, 0.05) is 6.54 Å². The van der Waals surface area contributed by atoms with Crippen LogP contribution in [-0.4, -0.2) is 90.0 Å². The van der Waals surface area contributed by atoms with Crippen molar-refractivity contribution in [3.8, 4) is 0 Å². The molecule has 0 aromatic heterocycles. The zero-order valence-corrected chi connectivity index (χ0v) is 14.3. The van der Waals surface area contributed by atoms with E-state index in [2.05, 4.69) is 5.32 Å². The summed E-state index contributed by atoms with van der Waals surface area (Å²) in [6.45, 7) is 5.50. The number of amides is 1. The van der Waals surface area contributed by atoms with E-state index < -0.39 is 36.1 Å². The molecule has 5 N–H and O–H groups in total. The zero-order valence-electron chi connectivity index (χ0n) is 14.3. The summed E-state index contributed by atoms with van der Waals surface area (Å²) in [5.74, 6) is -0.259. The first-order valence-electron chi connectivity index (χ1n) is 7.99. The molecular weight excluding hydrogens is 322 g/mol. The van der Waals surface area contributed by atoms with Crippen molar-refractivity contribution in [1.82, 2.24) is 5.32 Å². The lowest BCUT2D eigenvalue weighted by atomic mass is 9.94. The SMILES string of the molecule is C[C@@H]1O[C@@H](OCCOCCNC(=O)C(C)(C)CO)[C@H](O)[C@H](O)[C@H]1O. The Morgan fingerprint density at radius 1 is 1.12 bits per heavy atom. The topological polar surface area (TPSA) is 138 Å². The predicted molar refractivity (Wildman–Crippen MR) is 83.0 cm³/mol. The molecule has 1 amide bonds. The molecule has 0 unspecified atom stereocenters. The van der Waals surface area contributed by atoms with Crippen molar-refractivity contribution in [2.24, 2.45) is 5.41 Å². The van der Waals surface area contributed by atoms with Gasteiger partial charge in [0.05, 0.1) is 37.9 Å². The van der Waals surface area contributed by atoms with Crippen LogP contribution in [0.15, 0.2) is 0 Å². The average Bonchev–Trinajstić information content (AvgIpc) is 2.56. The molecule has 0 aliphatic carbocycles. The Morgan fingerprint density at radius 2 is 1.79 bits per heavy atom. The maximum absolute atomic E-state index is 11.7. The predicted octanol–water partition coefficient (Wildman–Crippen LogP) is -2.02. The van der Waals surface area contributed by atoms with Crippen LogP contribution in [0.5, 0.6) is 0 Å². The third-order valence-corrected chi connectivity index (χ3v) is 3.86. The molecule has 0 bridgehead atoms. The first-order valence-corrected chi connectivity index (χ1v) is 7.99. The van der Waals surface area contributed by atoms with Crippen molar-refractivity contribution in [1.29, 1.82) is 0 Å². The smallest absolute Gasteiger partial charge is 0.228 e. The monoisotopic (exact) mass is 351 g/mol. The standard InChI is InChI=1S/C15H29NO8/c1-9-10(18)11(19)12(20)13(24-9)23-7-6-22-5-4-16-14(21)15(2,3)8-17/h9-13,17-20H,4-8H2,1-3H3,(H,16,21)/t9-,10-,11+,12+,13+/m0/s1. The van der Waals surface area contributed by atoms with E-state index in [1.807, 2.05) is 0 Å². The highest BCUT2D eigenvalue weighted by Crippen LogP contribution is 2.21. The van der Waals surface area contributed by atoms with Crippen LogP contribution in [0.2, 0.25) is 0 Å². The number of aliphatic hydroxyl groups is 4. The minimum Gasteiger partial charge on any atom is -0.395 e. The highest BCUT2D eigenvalue weighted by molar-refractivity contribution is 5.81. The third-order valence-electron chi connectivity index (χ3n) is 3.86. The van der Waals surface area contributed by atoms with Gasteiger partial charge in [-0.15, -0.1) is 0 Å². The van der Waals surface area contributed by atoms with Crippen molar-refractivity contribution >= 4 is 5.91 Å². The first-order chi connectivity index (χ1) is 11.2. The van der Waals surface area contributed by atoms with E-state index in [1.165, 1.54) is 0 Å². The number of aliphatic hydroxyl groups excluding tert-OH is 4. The molecule has 1 aliphatic rings. The number of nitrogens with one attached hydrogen (secondary N) is 1. The number of carbonyl (C=O) groups is 1. The second-order valence-electron chi connectivity index (χ2n) is 6.46. The van der Waals surface area contributed by atoms with Gasteiger partial charge in [-0.1, -0.05) is 0 Å². The molecule has 9 nitrogen and oxygen atoms in total. The lowest BCUT2D eigenvalue weighted by Gasteiger charge is -2.38. The molecule has 0 spiro atoms. The number of rotatable bonds is 9. The Bertz CT molecular complexity index is 392. The summed E-state index contributed by atoms with van der Waals surface area (Å²) in [5.41, 5.74) is -0.834.